The fraction of sp³-hybridized carbons (Fsp3) is 0.375. The minimum absolute atomic E-state index is 0.0163. The minimum Gasteiger partial charge on any atom is -0.347 e. The number of benzene rings is 1. The van der Waals surface area contributed by atoms with E-state index in [1.54, 1.807) is 6.07 Å². The molecule has 0 saturated carbocycles. The fourth-order valence-electron chi connectivity index (χ4n) is 2.18. The fourth-order valence-corrected chi connectivity index (χ4v) is 2.38. The molecule has 106 valence electrons. The van der Waals surface area contributed by atoms with Crippen LogP contribution in [0.15, 0.2) is 36.4 Å². The first-order valence-corrected chi connectivity index (χ1v) is 7.36. The standard InChI is InChI=1S/C16H19ClN2O/c1-11(2)9-13(10-17)18-16(20)15-8-7-12-5-3-4-6-14(12)19-15/h3-8,11,13H,9-10H2,1-2H3,(H,18,20). The minimum atomic E-state index is -0.165. The van der Waals surface area contributed by atoms with Crippen LogP contribution in [0, 0.1) is 5.92 Å². The van der Waals surface area contributed by atoms with Crippen molar-refractivity contribution in [2.45, 2.75) is 26.3 Å². The third kappa shape index (κ3) is 3.70. The number of hydrogen-bond acceptors (Lipinski definition) is 2. The molecule has 1 N–H and O–H groups in total. The molecule has 0 fully saturated rings. The molecule has 1 aromatic heterocycles. The van der Waals surface area contributed by atoms with Crippen molar-refractivity contribution < 1.29 is 4.79 Å². The molecule has 0 aliphatic rings. The normalized spacial score (nSPS) is 12.6. The summed E-state index contributed by atoms with van der Waals surface area (Å²) in [7, 11) is 0. The van der Waals surface area contributed by atoms with Crippen LogP contribution in [-0.4, -0.2) is 22.8 Å². The third-order valence-electron chi connectivity index (χ3n) is 3.11. The van der Waals surface area contributed by atoms with E-state index in [-0.39, 0.29) is 11.9 Å². The largest absolute Gasteiger partial charge is 0.347 e. The number of pyridine rings is 1. The first-order chi connectivity index (χ1) is 9.60. The number of amides is 1. The number of nitrogens with zero attached hydrogens (tertiary/aromatic N) is 1. The van der Waals surface area contributed by atoms with Gasteiger partial charge in [0.15, 0.2) is 0 Å². The van der Waals surface area contributed by atoms with Crippen molar-refractivity contribution in [3.8, 4) is 0 Å². The Morgan fingerprint density at radius 3 is 2.70 bits per heavy atom. The van der Waals surface area contributed by atoms with Crippen LogP contribution >= 0.6 is 11.6 Å². The van der Waals surface area contributed by atoms with Crippen LogP contribution in [0.5, 0.6) is 0 Å². The smallest absolute Gasteiger partial charge is 0.270 e. The summed E-state index contributed by atoms with van der Waals surface area (Å²) in [5, 5.41) is 3.97. The number of aromatic nitrogens is 1. The first-order valence-electron chi connectivity index (χ1n) is 6.82. The van der Waals surface area contributed by atoms with Crippen LogP contribution in [0.4, 0.5) is 0 Å². The molecular formula is C16H19ClN2O. The lowest BCUT2D eigenvalue weighted by Gasteiger charge is -2.17. The summed E-state index contributed by atoms with van der Waals surface area (Å²) in [6.07, 6.45) is 0.864. The van der Waals surface area contributed by atoms with Crippen molar-refractivity contribution in [2.75, 3.05) is 5.88 Å². The number of halogens is 1. The van der Waals surface area contributed by atoms with Gasteiger partial charge in [0, 0.05) is 17.3 Å². The van der Waals surface area contributed by atoms with Gasteiger partial charge in [-0.1, -0.05) is 38.1 Å². The maximum atomic E-state index is 12.2. The zero-order valence-corrected chi connectivity index (χ0v) is 12.5. The van der Waals surface area contributed by atoms with Crippen molar-refractivity contribution in [1.29, 1.82) is 0 Å². The Balaban J connectivity index is 2.14. The SMILES string of the molecule is CC(C)CC(CCl)NC(=O)c1ccc2ccccc2n1. The Bertz CT molecular complexity index is 598. The van der Waals surface area contributed by atoms with E-state index in [9.17, 15) is 4.79 Å². The highest BCUT2D eigenvalue weighted by molar-refractivity contribution is 6.18. The monoisotopic (exact) mass is 290 g/mol. The van der Waals surface area contributed by atoms with E-state index in [2.05, 4.69) is 24.1 Å². The highest BCUT2D eigenvalue weighted by Crippen LogP contribution is 2.12. The van der Waals surface area contributed by atoms with Crippen LogP contribution in [-0.2, 0) is 0 Å². The highest BCUT2D eigenvalue weighted by Gasteiger charge is 2.15. The van der Waals surface area contributed by atoms with Crippen LogP contribution in [0.2, 0.25) is 0 Å². The second-order valence-electron chi connectivity index (χ2n) is 5.34. The first kappa shape index (κ1) is 14.8. The number of hydrogen-bond donors (Lipinski definition) is 1. The maximum Gasteiger partial charge on any atom is 0.270 e. The molecule has 0 radical (unpaired) electrons. The van der Waals surface area contributed by atoms with Gasteiger partial charge in [0.2, 0.25) is 0 Å². The molecule has 1 atom stereocenters. The molecule has 2 aromatic rings. The number of fused-ring (bicyclic) bond motifs is 1. The van der Waals surface area contributed by atoms with Crippen LogP contribution in [0.3, 0.4) is 0 Å². The average Bonchev–Trinajstić information content (AvgIpc) is 2.45. The number of carbonyl (C=O) groups is 1. The Morgan fingerprint density at radius 1 is 1.25 bits per heavy atom. The Labute approximate surface area is 124 Å². The van der Waals surface area contributed by atoms with E-state index < -0.39 is 0 Å². The summed E-state index contributed by atoms with van der Waals surface area (Å²) in [5.41, 5.74) is 1.26. The third-order valence-corrected chi connectivity index (χ3v) is 3.48. The van der Waals surface area contributed by atoms with Crippen molar-refractivity contribution in [2.24, 2.45) is 5.92 Å². The second-order valence-corrected chi connectivity index (χ2v) is 5.65. The molecule has 1 unspecified atom stereocenters. The summed E-state index contributed by atoms with van der Waals surface area (Å²) in [4.78, 5) is 16.6. The number of nitrogens with one attached hydrogen (secondary N) is 1. The summed E-state index contributed by atoms with van der Waals surface area (Å²) in [6, 6.07) is 11.4. The van der Waals surface area contributed by atoms with Gasteiger partial charge in [-0.2, -0.15) is 0 Å². The van der Waals surface area contributed by atoms with Gasteiger partial charge in [0.25, 0.3) is 5.91 Å². The number of rotatable bonds is 5. The van der Waals surface area contributed by atoms with E-state index in [0.717, 1.165) is 17.3 Å². The van der Waals surface area contributed by atoms with Gasteiger partial charge < -0.3 is 5.32 Å². The molecule has 0 bridgehead atoms. The molecule has 3 nitrogen and oxygen atoms in total. The number of alkyl halides is 1. The lowest BCUT2D eigenvalue weighted by atomic mass is 10.1. The molecule has 0 spiro atoms. The zero-order chi connectivity index (χ0) is 14.5. The van der Waals surface area contributed by atoms with E-state index in [4.69, 9.17) is 11.6 Å². The van der Waals surface area contributed by atoms with Gasteiger partial charge in [0.05, 0.1) is 5.52 Å². The van der Waals surface area contributed by atoms with Crippen molar-refractivity contribution in [3.63, 3.8) is 0 Å². The second kappa shape index (κ2) is 6.71. The van der Waals surface area contributed by atoms with E-state index in [1.807, 2.05) is 30.3 Å². The molecule has 1 amide bonds. The molecule has 0 aliphatic heterocycles. The van der Waals surface area contributed by atoms with Gasteiger partial charge in [0.1, 0.15) is 5.69 Å². The quantitative estimate of drug-likeness (QED) is 0.855. The molecule has 1 heterocycles. The van der Waals surface area contributed by atoms with Gasteiger partial charge in [-0.25, -0.2) is 4.98 Å². The Kier molecular flexibility index (Phi) is 4.96. The van der Waals surface area contributed by atoms with E-state index in [0.29, 0.717) is 17.5 Å². The van der Waals surface area contributed by atoms with Crippen LogP contribution < -0.4 is 5.32 Å². The number of para-hydroxylation sites is 1. The molecule has 0 saturated heterocycles. The summed E-state index contributed by atoms with van der Waals surface area (Å²) < 4.78 is 0. The van der Waals surface area contributed by atoms with Crippen molar-refractivity contribution >= 4 is 28.4 Å². The Hall–Kier alpha value is -1.61. The van der Waals surface area contributed by atoms with Gasteiger partial charge >= 0.3 is 0 Å². The maximum absolute atomic E-state index is 12.2. The summed E-state index contributed by atoms with van der Waals surface area (Å²) >= 11 is 5.90. The number of carbonyl (C=O) groups excluding carboxylic acids is 1. The zero-order valence-electron chi connectivity index (χ0n) is 11.8. The molecule has 2 rings (SSSR count). The predicted octanol–water partition coefficient (Wildman–Crippen LogP) is 3.62. The van der Waals surface area contributed by atoms with E-state index >= 15 is 0 Å². The molecular weight excluding hydrogens is 272 g/mol. The van der Waals surface area contributed by atoms with Crippen LogP contribution in [0.25, 0.3) is 10.9 Å². The molecule has 1 aromatic carbocycles. The topological polar surface area (TPSA) is 42.0 Å². The predicted molar refractivity (Wildman–Crippen MR) is 83.2 cm³/mol. The highest BCUT2D eigenvalue weighted by atomic mass is 35.5. The molecule has 0 aliphatic carbocycles. The van der Waals surface area contributed by atoms with Crippen LogP contribution in [0.1, 0.15) is 30.8 Å². The van der Waals surface area contributed by atoms with Gasteiger partial charge in [-0.15, -0.1) is 11.6 Å². The molecule has 4 heteroatoms. The lowest BCUT2D eigenvalue weighted by Crippen LogP contribution is -2.37. The van der Waals surface area contributed by atoms with E-state index in [1.165, 1.54) is 0 Å². The van der Waals surface area contributed by atoms with Gasteiger partial charge in [-0.05, 0) is 24.5 Å². The Morgan fingerprint density at radius 2 is 2.00 bits per heavy atom. The molecule has 20 heavy (non-hydrogen) atoms. The van der Waals surface area contributed by atoms with Crippen molar-refractivity contribution in [1.82, 2.24) is 10.3 Å². The average molecular weight is 291 g/mol. The lowest BCUT2D eigenvalue weighted by molar-refractivity contribution is 0.0932. The summed E-state index contributed by atoms with van der Waals surface area (Å²) in [6.45, 7) is 4.22. The van der Waals surface area contributed by atoms with Gasteiger partial charge in [-0.3, -0.25) is 4.79 Å². The van der Waals surface area contributed by atoms with Crippen molar-refractivity contribution in [3.05, 3.63) is 42.1 Å². The summed E-state index contributed by atoms with van der Waals surface area (Å²) in [5.74, 6) is 0.739.